The van der Waals surface area contributed by atoms with Gasteiger partial charge in [0, 0.05) is 18.8 Å². The summed E-state index contributed by atoms with van der Waals surface area (Å²) in [5, 5.41) is 12.3. The first-order valence-electron chi connectivity index (χ1n) is 4.97. The van der Waals surface area contributed by atoms with E-state index < -0.39 is 6.10 Å². The van der Waals surface area contributed by atoms with Crippen molar-refractivity contribution in [2.24, 2.45) is 5.73 Å². The summed E-state index contributed by atoms with van der Waals surface area (Å²) in [4.78, 5) is 0. The van der Waals surface area contributed by atoms with Gasteiger partial charge in [-0.2, -0.15) is 0 Å². The fourth-order valence-electron chi connectivity index (χ4n) is 1.18. The summed E-state index contributed by atoms with van der Waals surface area (Å²) in [5.74, 6) is 0. The predicted molar refractivity (Wildman–Crippen MR) is 59.4 cm³/mol. The molecule has 0 bridgehead atoms. The number of anilines is 1. The molecule has 0 aromatic heterocycles. The molecule has 14 heavy (non-hydrogen) atoms. The number of nitrogens with one attached hydrogen (secondary N) is 1. The number of nitrogens with two attached hydrogens (primary N) is 1. The van der Waals surface area contributed by atoms with Crippen molar-refractivity contribution in [3.63, 3.8) is 0 Å². The maximum atomic E-state index is 9.23. The molecule has 0 saturated carbocycles. The van der Waals surface area contributed by atoms with Crippen molar-refractivity contribution in [3.8, 4) is 0 Å². The van der Waals surface area contributed by atoms with Crippen molar-refractivity contribution in [3.05, 3.63) is 29.8 Å². The highest BCUT2D eigenvalue weighted by molar-refractivity contribution is 5.44. The van der Waals surface area contributed by atoms with Crippen LogP contribution < -0.4 is 11.1 Å². The third-order valence-corrected chi connectivity index (χ3v) is 2.18. The number of aliphatic hydroxyl groups is 1. The molecule has 78 valence electrons. The third kappa shape index (κ3) is 3.36. The van der Waals surface area contributed by atoms with Crippen molar-refractivity contribution in [1.82, 2.24) is 0 Å². The van der Waals surface area contributed by atoms with Gasteiger partial charge in [0.25, 0.3) is 0 Å². The van der Waals surface area contributed by atoms with Crippen molar-refractivity contribution < 1.29 is 5.11 Å². The fourth-order valence-corrected chi connectivity index (χ4v) is 1.18. The smallest absolute Gasteiger partial charge is 0.0834 e. The SMILES string of the molecule is CCc1ccc(NCC(O)CN)cc1. The molecule has 1 aromatic carbocycles. The molecule has 0 aliphatic rings. The number of aliphatic hydroxyl groups excluding tert-OH is 1. The van der Waals surface area contributed by atoms with E-state index in [-0.39, 0.29) is 0 Å². The van der Waals surface area contributed by atoms with Crippen molar-refractivity contribution in [2.75, 3.05) is 18.4 Å². The molecule has 1 aromatic rings. The third-order valence-electron chi connectivity index (χ3n) is 2.18. The predicted octanol–water partition coefficient (Wildman–Crippen LogP) is 0.980. The lowest BCUT2D eigenvalue weighted by Crippen LogP contribution is -2.27. The van der Waals surface area contributed by atoms with Crippen LogP contribution in [-0.4, -0.2) is 24.3 Å². The van der Waals surface area contributed by atoms with Crippen molar-refractivity contribution in [2.45, 2.75) is 19.4 Å². The van der Waals surface area contributed by atoms with Crippen LogP contribution in [-0.2, 0) is 6.42 Å². The monoisotopic (exact) mass is 194 g/mol. The molecular formula is C11H18N2O. The van der Waals surface area contributed by atoms with Gasteiger partial charge in [-0.25, -0.2) is 0 Å². The molecular weight excluding hydrogens is 176 g/mol. The summed E-state index contributed by atoms with van der Waals surface area (Å²) in [6, 6.07) is 8.19. The number of hydrogen-bond acceptors (Lipinski definition) is 3. The molecule has 1 atom stereocenters. The van der Waals surface area contributed by atoms with Gasteiger partial charge in [-0.05, 0) is 24.1 Å². The van der Waals surface area contributed by atoms with Gasteiger partial charge < -0.3 is 16.2 Å². The van der Waals surface area contributed by atoms with Gasteiger partial charge in [0.2, 0.25) is 0 Å². The molecule has 4 N–H and O–H groups in total. The zero-order chi connectivity index (χ0) is 10.4. The second-order valence-electron chi connectivity index (χ2n) is 3.32. The summed E-state index contributed by atoms with van der Waals surface area (Å²) in [5.41, 5.74) is 7.63. The van der Waals surface area contributed by atoms with Crippen LogP contribution in [0.3, 0.4) is 0 Å². The van der Waals surface area contributed by atoms with Crippen LogP contribution in [0, 0.1) is 0 Å². The Morgan fingerprint density at radius 1 is 1.36 bits per heavy atom. The first kappa shape index (κ1) is 11.0. The Morgan fingerprint density at radius 2 is 2.00 bits per heavy atom. The largest absolute Gasteiger partial charge is 0.390 e. The van der Waals surface area contributed by atoms with Crippen LogP contribution in [0.2, 0.25) is 0 Å². The normalized spacial score (nSPS) is 12.5. The molecule has 0 heterocycles. The number of rotatable bonds is 5. The van der Waals surface area contributed by atoms with E-state index in [1.54, 1.807) is 0 Å². The first-order valence-corrected chi connectivity index (χ1v) is 4.97. The molecule has 3 heteroatoms. The standard InChI is InChI=1S/C11H18N2O/c1-2-9-3-5-10(6-4-9)13-8-11(14)7-12/h3-6,11,13-14H,2,7-8,12H2,1H3. The van der Waals surface area contributed by atoms with Crippen LogP contribution in [0.1, 0.15) is 12.5 Å². The Bertz CT molecular complexity index is 258. The maximum Gasteiger partial charge on any atom is 0.0834 e. The summed E-state index contributed by atoms with van der Waals surface area (Å²) in [7, 11) is 0. The Labute approximate surface area is 84.9 Å². The molecule has 0 aliphatic heterocycles. The Kier molecular flexibility index (Phi) is 4.43. The van der Waals surface area contributed by atoms with Crippen molar-refractivity contribution >= 4 is 5.69 Å². The van der Waals surface area contributed by atoms with E-state index in [0.29, 0.717) is 13.1 Å². The Hall–Kier alpha value is -1.06. The minimum atomic E-state index is -0.471. The van der Waals surface area contributed by atoms with E-state index in [1.807, 2.05) is 12.1 Å². The molecule has 0 radical (unpaired) electrons. The van der Waals surface area contributed by atoms with Gasteiger partial charge in [-0.1, -0.05) is 19.1 Å². The second kappa shape index (κ2) is 5.62. The van der Waals surface area contributed by atoms with Gasteiger partial charge in [-0.3, -0.25) is 0 Å². The number of hydrogen-bond donors (Lipinski definition) is 3. The van der Waals surface area contributed by atoms with Gasteiger partial charge >= 0.3 is 0 Å². The molecule has 0 fully saturated rings. The van der Waals surface area contributed by atoms with E-state index in [9.17, 15) is 5.11 Å². The zero-order valence-corrected chi connectivity index (χ0v) is 8.53. The van der Waals surface area contributed by atoms with Gasteiger partial charge in [0.1, 0.15) is 0 Å². The topological polar surface area (TPSA) is 58.3 Å². The quantitative estimate of drug-likeness (QED) is 0.655. The fraction of sp³-hybridized carbons (Fsp3) is 0.455. The van der Waals surface area contributed by atoms with Crippen LogP contribution in [0.25, 0.3) is 0 Å². The molecule has 0 saturated heterocycles. The highest BCUT2D eigenvalue weighted by Crippen LogP contribution is 2.09. The van der Waals surface area contributed by atoms with E-state index in [1.165, 1.54) is 5.56 Å². The van der Waals surface area contributed by atoms with E-state index >= 15 is 0 Å². The molecule has 0 spiro atoms. The summed E-state index contributed by atoms with van der Waals surface area (Å²) in [6.07, 6.45) is 0.576. The highest BCUT2D eigenvalue weighted by atomic mass is 16.3. The number of benzene rings is 1. The van der Waals surface area contributed by atoms with Crippen LogP contribution in [0.15, 0.2) is 24.3 Å². The minimum absolute atomic E-state index is 0.292. The lowest BCUT2D eigenvalue weighted by Gasteiger charge is -2.10. The lowest BCUT2D eigenvalue weighted by atomic mass is 10.1. The molecule has 0 aliphatic carbocycles. The first-order chi connectivity index (χ1) is 6.76. The lowest BCUT2D eigenvalue weighted by molar-refractivity contribution is 0.196. The van der Waals surface area contributed by atoms with Gasteiger partial charge in [0.15, 0.2) is 0 Å². The van der Waals surface area contributed by atoms with Gasteiger partial charge in [0.05, 0.1) is 6.10 Å². The van der Waals surface area contributed by atoms with E-state index in [0.717, 1.165) is 12.1 Å². The Morgan fingerprint density at radius 3 is 2.50 bits per heavy atom. The molecule has 1 rings (SSSR count). The van der Waals surface area contributed by atoms with Crippen LogP contribution in [0.5, 0.6) is 0 Å². The molecule has 1 unspecified atom stereocenters. The minimum Gasteiger partial charge on any atom is -0.390 e. The summed E-state index contributed by atoms with van der Waals surface area (Å²) >= 11 is 0. The second-order valence-corrected chi connectivity index (χ2v) is 3.32. The summed E-state index contributed by atoms with van der Waals surface area (Å²) < 4.78 is 0. The van der Waals surface area contributed by atoms with Crippen LogP contribution in [0.4, 0.5) is 5.69 Å². The van der Waals surface area contributed by atoms with Crippen molar-refractivity contribution in [1.29, 1.82) is 0 Å². The summed E-state index contributed by atoms with van der Waals surface area (Å²) in [6.45, 7) is 2.92. The molecule has 3 nitrogen and oxygen atoms in total. The molecule has 0 amide bonds. The Balaban J connectivity index is 2.43. The average molecular weight is 194 g/mol. The van der Waals surface area contributed by atoms with Gasteiger partial charge in [-0.15, -0.1) is 0 Å². The highest BCUT2D eigenvalue weighted by Gasteiger charge is 1.99. The number of aryl methyl sites for hydroxylation is 1. The maximum absolute atomic E-state index is 9.23. The van der Waals surface area contributed by atoms with Crippen LogP contribution >= 0.6 is 0 Å². The van der Waals surface area contributed by atoms with E-state index in [2.05, 4.69) is 24.4 Å². The van der Waals surface area contributed by atoms with E-state index in [4.69, 9.17) is 5.73 Å². The average Bonchev–Trinajstić information content (AvgIpc) is 2.26. The zero-order valence-electron chi connectivity index (χ0n) is 8.53.